The molecule has 1 rings (SSSR count). The van der Waals surface area contributed by atoms with Crippen LogP contribution in [0.1, 0.15) is 6.42 Å². The Balaban J connectivity index is 2.35. The molecule has 0 amide bonds. The molecule has 2 radical (unpaired) electrons. The average molecular weight is 255 g/mol. The zero-order chi connectivity index (χ0) is 6.69. The number of hydrazone groups is 1. The van der Waals surface area contributed by atoms with Crippen molar-refractivity contribution < 1.29 is 0 Å². The Kier molecular flexibility index (Phi) is 3.02. The van der Waals surface area contributed by atoms with Gasteiger partial charge in [0, 0.05) is 0 Å². The molecule has 1 fully saturated rings. The Labute approximate surface area is 70.8 Å². The van der Waals surface area contributed by atoms with Crippen molar-refractivity contribution >= 4 is 35.5 Å². The van der Waals surface area contributed by atoms with Gasteiger partial charge in [-0.2, -0.15) is 0 Å². The topological polar surface area (TPSA) is 27.6 Å². The molecule has 1 saturated heterocycles. The number of nitrogens with zero attached hydrogens (tertiary/aromatic N) is 2. The zero-order valence-corrected chi connectivity index (χ0v) is 8.26. The van der Waals surface area contributed by atoms with Crippen molar-refractivity contribution in [1.82, 2.24) is 10.5 Å². The van der Waals surface area contributed by atoms with E-state index in [4.69, 9.17) is 0 Å². The third kappa shape index (κ3) is 2.69. The van der Waals surface area contributed by atoms with Crippen molar-refractivity contribution in [1.29, 1.82) is 0 Å². The molecule has 0 atom stereocenters. The van der Waals surface area contributed by atoms with Crippen molar-refractivity contribution in [3.8, 4) is 0 Å². The fourth-order valence-electron chi connectivity index (χ4n) is 0.700. The number of rotatable bonds is 1. The van der Waals surface area contributed by atoms with Crippen LogP contribution in [0.15, 0.2) is 5.10 Å². The van der Waals surface area contributed by atoms with Crippen LogP contribution in [0.2, 0.25) is 0 Å². The van der Waals surface area contributed by atoms with Gasteiger partial charge >= 0.3 is 70.7 Å². The Morgan fingerprint density at radius 3 is 2.78 bits per heavy atom. The monoisotopic (exact) mass is 257 g/mol. The van der Waals surface area contributed by atoms with Crippen LogP contribution in [0.25, 0.3) is 0 Å². The predicted molar refractivity (Wildman–Crippen MR) is 38.3 cm³/mol. The predicted octanol–water partition coefficient (Wildman–Crippen LogP) is -1.20. The second-order valence-corrected chi connectivity index (χ2v) is 4.68. The van der Waals surface area contributed by atoms with Gasteiger partial charge in [-0.25, -0.2) is 0 Å². The molecule has 1 heterocycles. The van der Waals surface area contributed by atoms with Gasteiger partial charge in [-0.1, -0.05) is 0 Å². The molecule has 0 aromatic rings. The van der Waals surface area contributed by atoms with E-state index in [0.717, 1.165) is 16.6 Å². The third-order valence-corrected chi connectivity index (χ3v) is 1.39. The molecule has 0 unspecified atom stereocenters. The first kappa shape index (κ1) is 7.57. The Bertz CT molecular complexity index is 115. The molecule has 0 aromatic carbocycles. The Morgan fingerprint density at radius 1 is 1.56 bits per heavy atom. The van der Waals surface area contributed by atoms with E-state index in [0.29, 0.717) is 0 Å². The number of hydrogen-bond donors (Lipinski definition) is 1. The van der Waals surface area contributed by atoms with Gasteiger partial charge in [-0.05, 0) is 0 Å². The summed E-state index contributed by atoms with van der Waals surface area (Å²) in [5, 5.41) is 5.94. The molecular weight excluding hydrogens is 248 g/mol. The molecular formula is C4H7N3Se2. The summed E-state index contributed by atoms with van der Waals surface area (Å²) in [7, 11) is 0. The van der Waals surface area contributed by atoms with E-state index in [-0.39, 0.29) is 0 Å². The minimum absolute atomic E-state index is 0.851. The first-order chi connectivity index (χ1) is 4.29. The fraction of sp³-hybridized carbons (Fsp3) is 0.750. The molecule has 1 aliphatic rings. The van der Waals surface area contributed by atoms with Crippen molar-refractivity contribution in [2.24, 2.45) is 5.10 Å². The summed E-state index contributed by atoms with van der Waals surface area (Å²) >= 11 is 5.56. The van der Waals surface area contributed by atoms with E-state index in [1.165, 1.54) is 6.42 Å². The number of hydrogen-bond acceptors (Lipinski definition) is 3. The van der Waals surface area contributed by atoms with Crippen molar-refractivity contribution in [3.05, 3.63) is 0 Å². The first-order valence-electron chi connectivity index (χ1n) is 2.73. The van der Waals surface area contributed by atoms with Gasteiger partial charge in [0.05, 0.1) is 0 Å². The molecule has 1 aliphatic heterocycles. The van der Waals surface area contributed by atoms with Crippen LogP contribution in [0.5, 0.6) is 0 Å². The van der Waals surface area contributed by atoms with E-state index in [1.807, 2.05) is 5.12 Å². The van der Waals surface area contributed by atoms with Gasteiger partial charge in [-0.15, -0.1) is 0 Å². The second-order valence-electron chi connectivity index (χ2n) is 1.75. The van der Waals surface area contributed by atoms with Gasteiger partial charge in [0.15, 0.2) is 0 Å². The standard InChI is InChI=1S/C4H7N3Se2/c8-4(9)6-7-3-1-2-5-7/h5H,1-3H2. The van der Waals surface area contributed by atoms with Gasteiger partial charge in [0.25, 0.3) is 0 Å². The van der Waals surface area contributed by atoms with Gasteiger partial charge in [0.2, 0.25) is 0 Å². The molecule has 0 saturated carbocycles. The summed E-state index contributed by atoms with van der Waals surface area (Å²) in [6.07, 6.45) is 1.18. The molecule has 5 heteroatoms. The molecule has 0 aromatic heterocycles. The van der Waals surface area contributed by atoms with E-state index < -0.39 is 0 Å². The summed E-state index contributed by atoms with van der Waals surface area (Å²) in [5.41, 5.74) is 3.09. The normalized spacial score (nSPS) is 18.0. The van der Waals surface area contributed by atoms with Crippen molar-refractivity contribution in [2.75, 3.05) is 13.1 Å². The SMILES string of the molecule is [Se]C([Se])=NN1CCCN1. The second kappa shape index (κ2) is 3.59. The van der Waals surface area contributed by atoms with Gasteiger partial charge < -0.3 is 0 Å². The number of hydrazine groups is 1. The van der Waals surface area contributed by atoms with E-state index >= 15 is 0 Å². The van der Waals surface area contributed by atoms with E-state index in [2.05, 4.69) is 42.6 Å². The Hall–Kier alpha value is 0.469. The molecule has 0 spiro atoms. The summed E-state index contributed by atoms with van der Waals surface area (Å²) in [5.74, 6) is 0. The van der Waals surface area contributed by atoms with Crippen LogP contribution >= 0.6 is 0 Å². The fourth-order valence-corrected chi connectivity index (χ4v) is 1.11. The maximum absolute atomic E-state index is 4.10. The van der Waals surface area contributed by atoms with Crippen LogP contribution < -0.4 is 5.43 Å². The van der Waals surface area contributed by atoms with Crippen LogP contribution in [0.4, 0.5) is 0 Å². The quantitative estimate of drug-likeness (QED) is 0.471. The molecule has 50 valence electrons. The average Bonchev–Trinajstić information content (AvgIpc) is 2.15. The van der Waals surface area contributed by atoms with Crippen molar-refractivity contribution in [3.63, 3.8) is 0 Å². The van der Waals surface area contributed by atoms with E-state index in [9.17, 15) is 0 Å². The summed E-state index contributed by atoms with van der Waals surface area (Å²) < 4.78 is 0.851. The van der Waals surface area contributed by atoms with Crippen LogP contribution in [0.3, 0.4) is 0 Å². The molecule has 0 bridgehead atoms. The molecule has 9 heavy (non-hydrogen) atoms. The Morgan fingerprint density at radius 2 is 2.33 bits per heavy atom. The maximum atomic E-state index is 4.10. The number of nitrogens with one attached hydrogen (secondary N) is 1. The summed E-state index contributed by atoms with van der Waals surface area (Å²) in [6, 6.07) is 0. The third-order valence-electron chi connectivity index (χ3n) is 1.04. The van der Waals surface area contributed by atoms with Gasteiger partial charge in [-0.3, -0.25) is 0 Å². The van der Waals surface area contributed by atoms with Crippen LogP contribution in [-0.4, -0.2) is 53.7 Å². The summed E-state index contributed by atoms with van der Waals surface area (Å²) in [4.78, 5) is 0. The van der Waals surface area contributed by atoms with Crippen LogP contribution in [0, 0.1) is 0 Å². The van der Waals surface area contributed by atoms with E-state index in [1.54, 1.807) is 0 Å². The molecule has 1 N–H and O–H groups in total. The molecule has 0 aliphatic carbocycles. The zero-order valence-electron chi connectivity index (χ0n) is 4.83. The van der Waals surface area contributed by atoms with Gasteiger partial charge in [0.1, 0.15) is 0 Å². The summed E-state index contributed by atoms with van der Waals surface area (Å²) in [6.45, 7) is 2.05. The van der Waals surface area contributed by atoms with Crippen molar-refractivity contribution in [2.45, 2.75) is 6.42 Å². The molecule has 3 nitrogen and oxygen atoms in total. The van der Waals surface area contributed by atoms with Crippen LogP contribution in [-0.2, 0) is 0 Å². The minimum atomic E-state index is 0.851. The first-order valence-corrected chi connectivity index (χ1v) is 4.44.